The molecule has 4 nitrogen and oxygen atoms in total. The predicted molar refractivity (Wildman–Crippen MR) is 62.2 cm³/mol. The largest absolute Gasteiger partial charge is 0.368 e. The number of likely N-dealkylation sites (N-methyl/N-ethyl adjacent to an activating group) is 1. The molecule has 0 aliphatic rings. The van der Waals surface area contributed by atoms with Gasteiger partial charge in [0.05, 0.1) is 6.04 Å². The van der Waals surface area contributed by atoms with E-state index in [0.29, 0.717) is 12.0 Å². The van der Waals surface area contributed by atoms with Crippen LogP contribution in [0.2, 0.25) is 0 Å². The summed E-state index contributed by atoms with van der Waals surface area (Å²) in [5, 5.41) is 2.85. The van der Waals surface area contributed by atoms with Crippen LogP contribution < -0.4 is 11.1 Å². The molecule has 1 amide bonds. The summed E-state index contributed by atoms with van der Waals surface area (Å²) in [6, 6.07) is 6.81. The summed E-state index contributed by atoms with van der Waals surface area (Å²) in [7, 11) is 1.69. The molecule has 0 aliphatic carbocycles. The van der Waals surface area contributed by atoms with Crippen molar-refractivity contribution in [1.29, 1.82) is 0 Å². The Morgan fingerprint density at radius 1 is 1.31 bits per heavy atom. The number of benzene rings is 1. The van der Waals surface area contributed by atoms with Gasteiger partial charge in [-0.1, -0.05) is 24.3 Å². The van der Waals surface area contributed by atoms with Gasteiger partial charge in [0.25, 0.3) is 0 Å². The van der Waals surface area contributed by atoms with Crippen molar-refractivity contribution in [1.82, 2.24) is 5.32 Å². The number of Topliss-reactive ketones (excluding diaryl/α,β-unsaturated/α-hetero) is 1. The Kier molecular flexibility index (Phi) is 4.19. The number of carbonyl (C=O) groups excluding carboxylic acids is 2. The summed E-state index contributed by atoms with van der Waals surface area (Å²) in [6.45, 7) is 1.52. The molecular formula is C12H16N2O2. The van der Waals surface area contributed by atoms with Gasteiger partial charge in [-0.2, -0.15) is 0 Å². The summed E-state index contributed by atoms with van der Waals surface area (Å²) in [4.78, 5) is 22.1. The Labute approximate surface area is 94.8 Å². The van der Waals surface area contributed by atoms with Gasteiger partial charge in [0.1, 0.15) is 0 Å². The predicted octanol–water partition coefficient (Wildman–Crippen LogP) is 0.505. The van der Waals surface area contributed by atoms with E-state index in [2.05, 4.69) is 5.32 Å². The van der Waals surface area contributed by atoms with Gasteiger partial charge in [0, 0.05) is 5.56 Å². The van der Waals surface area contributed by atoms with Crippen LogP contribution in [0.5, 0.6) is 0 Å². The van der Waals surface area contributed by atoms with Crippen molar-refractivity contribution < 1.29 is 9.59 Å². The van der Waals surface area contributed by atoms with Crippen LogP contribution in [-0.4, -0.2) is 24.8 Å². The second-order valence-corrected chi connectivity index (χ2v) is 3.70. The molecule has 0 bridgehead atoms. The number of ketones is 1. The number of nitrogens with one attached hydrogen (secondary N) is 1. The number of carbonyl (C=O) groups is 2. The number of nitrogens with two attached hydrogens (primary N) is 1. The molecular weight excluding hydrogens is 204 g/mol. The van der Waals surface area contributed by atoms with Crippen molar-refractivity contribution in [2.24, 2.45) is 5.73 Å². The van der Waals surface area contributed by atoms with Crippen LogP contribution in [0.1, 0.15) is 22.8 Å². The van der Waals surface area contributed by atoms with Crippen LogP contribution >= 0.6 is 0 Å². The van der Waals surface area contributed by atoms with Gasteiger partial charge in [0.2, 0.25) is 5.91 Å². The van der Waals surface area contributed by atoms with E-state index in [1.165, 1.54) is 6.92 Å². The second kappa shape index (κ2) is 5.42. The van der Waals surface area contributed by atoms with Gasteiger partial charge in [-0.15, -0.1) is 0 Å². The number of primary amides is 1. The van der Waals surface area contributed by atoms with E-state index < -0.39 is 0 Å². The molecule has 16 heavy (non-hydrogen) atoms. The highest BCUT2D eigenvalue weighted by Crippen LogP contribution is 2.07. The first-order valence-electron chi connectivity index (χ1n) is 5.11. The lowest BCUT2D eigenvalue weighted by atomic mass is 10.0. The first-order valence-corrected chi connectivity index (χ1v) is 5.11. The first kappa shape index (κ1) is 12.4. The average Bonchev–Trinajstić information content (AvgIpc) is 2.26. The maximum absolute atomic E-state index is 11.1. The van der Waals surface area contributed by atoms with E-state index in [0.717, 1.165) is 5.56 Å². The molecule has 0 aliphatic heterocycles. The van der Waals surface area contributed by atoms with Gasteiger partial charge < -0.3 is 11.1 Å². The molecule has 0 heterocycles. The minimum absolute atomic E-state index is 0.0339. The summed E-state index contributed by atoms with van der Waals surface area (Å²) in [6.07, 6.45) is 0.532. The normalized spacial score (nSPS) is 12.1. The van der Waals surface area contributed by atoms with Crippen molar-refractivity contribution >= 4 is 11.7 Å². The van der Waals surface area contributed by atoms with Gasteiger partial charge >= 0.3 is 0 Å². The zero-order valence-electron chi connectivity index (χ0n) is 9.49. The molecule has 1 rings (SSSR count). The molecule has 1 aromatic carbocycles. The van der Waals surface area contributed by atoms with Crippen LogP contribution in [0, 0.1) is 0 Å². The molecule has 4 heteroatoms. The van der Waals surface area contributed by atoms with Crippen LogP contribution in [0.4, 0.5) is 0 Å². The van der Waals surface area contributed by atoms with E-state index in [1.807, 2.05) is 12.1 Å². The second-order valence-electron chi connectivity index (χ2n) is 3.70. The van der Waals surface area contributed by atoms with Crippen molar-refractivity contribution in [2.75, 3.05) is 7.05 Å². The Bertz CT molecular complexity index is 385. The molecule has 1 aromatic rings. The van der Waals surface area contributed by atoms with Crippen LogP contribution in [0.25, 0.3) is 0 Å². The molecule has 0 saturated heterocycles. The molecule has 0 spiro atoms. The maximum atomic E-state index is 11.1. The topological polar surface area (TPSA) is 72.2 Å². The first-order chi connectivity index (χ1) is 7.54. The Morgan fingerprint density at radius 3 is 2.25 bits per heavy atom. The fraction of sp³-hybridized carbons (Fsp3) is 0.333. The lowest BCUT2D eigenvalue weighted by Crippen LogP contribution is -2.40. The minimum atomic E-state index is -0.377. The Morgan fingerprint density at radius 2 is 1.88 bits per heavy atom. The van der Waals surface area contributed by atoms with Crippen molar-refractivity contribution in [3.8, 4) is 0 Å². The monoisotopic (exact) mass is 220 g/mol. The zero-order valence-corrected chi connectivity index (χ0v) is 9.49. The van der Waals surface area contributed by atoms with E-state index in [-0.39, 0.29) is 17.7 Å². The lowest BCUT2D eigenvalue weighted by Gasteiger charge is -2.12. The molecule has 1 atom stereocenters. The van der Waals surface area contributed by atoms with Crippen LogP contribution in [0.15, 0.2) is 24.3 Å². The third-order valence-electron chi connectivity index (χ3n) is 2.49. The average molecular weight is 220 g/mol. The molecule has 0 fully saturated rings. The summed E-state index contributed by atoms with van der Waals surface area (Å²) >= 11 is 0. The standard InChI is InChI=1S/C12H16N2O2/c1-8(15)10-5-3-9(4-6-10)7-11(14-2)12(13)16/h3-6,11,14H,7H2,1-2H3,(H2,13,16). The number of rotatable bonds is 5. The van der Waals surface area contributed by atoms with Crippen molar-refractivity contribution in [2.45, 2.75) is 19.4 Å². The number of hydrogen-bond acceptors (Lipinski definition) is 3. The lowest BCUT2D eigenvalue weighted by molar-refractivity contribution is -0.119. The fourth-order valence-corrected chi connectivity index (χ4v) is 1.46. The van der Waals surface area contributed by atoms with E-state index >= 15 is 0 Å². The number of hydrogen-bond donors (Lipinski definition) is 2. The van der Waals surface area contributed by atoms with Gasteiger partial charge in [-0.05, 0) is 26.0 Å². The Hall–Kier alpha value is -1.68. The minimum Gasteiger partial charge on any atom is -0.368 e. The summed E-state index contributed by atoms with van der Waals surface area (Å²) in [5.41, 5.74) is 6.86. The molecule has 3 N–H and O–H groups in total. The molecule has 0 aromatic heterocycles. The van der Waals surface area contributed by atoms with Gasteiger partial charge in [0.15, 0.2) is 5.78 Å². The fourth-order valence-electron chi connectivity index (χ4n) is 1.46. The SMILES string of the molecule is CNC(Cc1ccc(C(C)=O)cc1)C(N)=O. The molecule has 86 valence electrons. The smallest absolute Gasteiger partial charge is 0.234 e. The third-order valence-corrected chi connectivity index (χ3v) is 2.49. The zero-order chi connectivity index (χ0) is 12.1. The summed E-state index contributed by atoms with van der Waals surface area (Å²) in [5.74, 6) is -0.343. The highest BCUT2D eigenvalue weighted by molar-refractivity contribution is 5.94. The Balaban J connectivity index is 2.75. The van der Waals surface area contributed by atoms with E-state index in [1.54, 1.807) is 19.2 Å². The highest BCUT2D eigenvalue weighted by atomic mass is 16.1. The van der Waals surface area contributed by atoms with Crippen molar-refractivity contribution in [3.05, 3.63) is 35.4 Å². The van der Waals surface area contributed by atoms with E-state index in [9.17, 15) is 9.59 Å². The molecule has 0 saturated carbocycles. The number of amides is 1. The van der Waals surface area contributed by atoms with Gasteiger partial charge in [-0.3, -0.25) is 9.59 Å². The highest BCUT2D eigenvalue weighted by Gasteiger charge is 2.13. The van der Waals surface area contributed by atoms with Crippen LogP contribution in [-0.2, 0) is 11.2 Å². The van der Waals surface area contributed by atoms with Crippen molar-refractivity contribution in [3.63, 3.8) is 0 Å². The maximum Gasteiger partial charge on any atom is 0.234 e. The van der Waals surface area contributed by atoms with E-state index in [4.69, 9.17) is 5.73 Å². The summed E-state index contributed by atoms with van der Waals surface area (Å²) < 4.78 is 0. The molecule has 1 unspecified atom stereocenters. The van der Waals surface area contributed by atoms with Crippen LogP contribution in [0.3, 0.4) is 0 Å². The molecule has 0 radical (unpaired) electrons. The third kappa shape index (κ3) is 3.17. The quantitative estimate of drug-likeness (QED) is 0.710. The van der Waals surface area contributed by atoms with Gasteiger partial charge in [-0.25, -0.2) is 0 Å².